The SMILES string of the molecule is CC1(C)CN(C(=O)c2ccnn2CC(F)F)CC2(CCCC2)O1. The van der Waals surface area contributed by atoms with Crippen LogP contribution in [0.4, 0.5) is 8.78 Å². The molecule has 1 aliphatic heterocycles. The van der Waals surface area contributed by atoms with E-state index in [1.54, 1.807) is 4.90 Å². The first kappa shape index (κ1) is 16.4. The average molecular weight is 327 g/mol. The number of morpholine rings is 1. The lowest BCUT2D eigenvalue weighted by molar-refractivity contribution is -0.184. The number of nitrogens with zero attached hydrogens (tertiary/aromatic N) is 3. The number of carbonyl (C=O) groups excluding carboxylic acids is 1. The highest BCUT2D eigenvalue weighted by molar-refractivity contribution is 5.92. The molecular weight excluding hydrogens is 304 g/mol. The fourth-order valence-electron chi connectivity index (χ4n) is 3.89. The van der Waals surface area contributed by atoms with E-state index in [0.717, 1.165) is 30.4 Å². The largest absolute Gasteiger partial charge is 0.365 e. The molecule has 2 fully saturated rings. The maximum Gasteiger partial charge on any atom is 0.272 e. The van der Waals surface area contributed by atoms with Gasteiger partial charge in [0.25, 0.3) is 12.3 Å². The van der Waals surface area contributed by atoms with Crippen molar-refractivity contribution in [3.05, 3.63) is 18.0 Å². The minimum Gasteiger partial charge on any atom is -0.365 e. The van der Waals surface area contributed by atoms with E-state index in [1.807, 2.05) is 13.8 Å². The summed E-state index contributed by atoms with van der Waals surface area (Å²) in [5.74, 6) is -0.245. The Morgan fingerprint density at radius 3 is 2.70 bits per heavy atom. The van der Waals surface area contributed by atoms with Gasteiger partial charge in [-0.2, -0.15) is 5.10 Å². The van der Waals surface area contributed by atoms with E-state index in [4.69, 9.17) is 4.74 Å². The predicted octanol–water partition coefficient (Wildman–Crippen LogP) is 2.71. The van der Waals surface area contributed by atoms with Crippen LogP contribution in [0.5, 0.6) is 0 Å². The van der Waals surface area contributed by atoms with Crippen molar-refractivity contribution < 1.29 is 18.3 Å². The molecule has 1 spiro atoms. The monoisotopic (exact) mass is 327 g/mol. The molecule has 0 atom stereocenters. The average Bonchev–Trinajstić information content (AvgIpc) is 3.05. The lowest BCUT2D eigenvalue weighted by Crippen LogP contribution is -2.60. The van der Waals surface area contributed by atoms with Gasteiger partial charge in [0, 0.05) is 12.7 Å². The highest BCUT2D eigenvalue weighted by Gasteiger charge is 2.47. The van der Waals surface area contributed by atoms with Gasteiger partial charge in [-0.3, -0.25) is 9.48 Å². The fraction of sp³-hybridized carbons (Fsp3) is 0.750. The summed E-state index contributed by atoms with van der Waals surface area (Å²) < 4.78 is 32.7. The molecule has 1 saturated carbocycles. The summed E-state index contributed by atoms with van der Waals surface area (Å²) in [6, 6.07) is 1.51. The zero-order chi connectivity index (χ0) is 16.7. The molecule has 1 aromatic heterocycles. The van der Waals surface area contributed by atoms with Crippen molar-refractivity contribution in [2.24, 2.45) is 0 Å². The number of ether oxygens (including phenoxy) is 1. The van der Waals surface area contributed by atoms with Gasteiger partial charge < -0.3 is 9.64 Å². The summed E-state index contributed by atoms with van der Waals surface area (Å²) >= 11 is 0. The Morgan fingerprint density at radius 1 is 1.35 bits per heavy atom. The molecule has 0 radical (unpaired) electrons. The third kappa shape index (κ3) is 3.39. The molecule has 1 amide bonds. The third-order valence-electron chi connectivity index (χ3n) is 4.59. The van der Waals surface area contributed by atoms with E-state index >= 15 is 0 Å². The molecule has 1 aliphatic carbocycles. The molecule has 0 aromatic carbocycles. The molecule has 2 aliphatic rings. The maximum atomic E-state index is 12.9. The third-order valence-corrected chi connectivity index (χ3v) is 4.59. The molecule has 5 nitrogen and oxygen atoms in total. The van der Waals surface area contributed by atoms with Gasteiger partial charge in [-0.05, 0) is 32.8 Å². The Kier molecular flexibility index (Phi) is 4.16. The summed E-state index contributed by atoms with van der Waals surface area (Å²) in [6.07, 6.45) is 2.94. The number of halogens is 2. The second-order valence-electron chi connectivity index (χ2n) is 7.20. The van der Waals surface area contributed by atoms with Gasteiger partial charge in [0.2, 0.25) is 0 Å². The van der Waals surface area contributed by atoms with Gasteiger partial charge >= 0.3 is 0 Å². The van der Waals surface area contributed by atoms with Crippen LogP contribution in [0.25, 0.3) is 0 Å². The maximum absolute atomic E-state index is 12.9. The molecule has 0 unspecified atom stereocenters. The topological polar surface area (TPSA) is 47.4 Å². The van der Waals surface area contributed by atoms with Crippen LogP contribution in [0.2, 0.25) is 0 Å². The second-order valence-corrected chi connectivity index (χ2v) is 7.20. The van der Waals surface area contributed by atoms with Crippen molar-refractivity contribution in [2.45, 2.75) is 63.7 Å². The van der Waals surface area contributed by atoms with E-state index in [9.17, 15) is 13.6 Å². The zero-order valence-corrected chi connectivity index (χ0v) is 13.6. The summed E-state index contributed by atoms with van der Waals surface area (Å²) in [6.45, 7) is 4.36. The predicted molar refractivity (Wildman–Crippen MR) is 80.5 cm³/mol. The van der Waals surface area contributed by atoms with Gasteiger partial charge in [0.05, 0.1) is 17.7 Å². The molecule has 2 heterocycles. The van der Waals surface area contributed by atoms with E-state index < -0.39 is 18.6 Å². The van der Waals surface area contributed by atoms with Gasteiger partial charge in [-0.25, -0.2) is 8.78 Å². The minimum absolute atomic E-state index is 0.219. The van der Waals surface area contributed by atoms with Crippen LogP contribution < -0.4 is 0 Å². The Balaban J connectivity index is 1.82. The van der Waals surface area contributed by atoms with Crippen molar-refractivity contribution in [3.8, 4) is 0 Å². The first-order valence-corrected chi connectivity index (χ1v) is 8.10. The van der Waals surface area contributed by atoms with Crippen LogP contribution in [0.1, 0.15) is 50.0 Å². The number of carbonyl (C=O) groups is 1. The summed E-state index contributed by atoms with van der Waals surface area (Å²) in [7, 11) is 0. The lowest BCUT2D eigenvalue weighted by Gasteiger charge is -2.48. The summed E-state index contributed by atoms with van der Waals surface area (Å²) in [5.41, 5.74) is -0.507. The lowest BCUT2D eigenvalue weighted by atomic mass is 9.94. The summed E-state index contributed by atoms with van der Waals surface area (Å²) in [4.78, 5) is 14.6. The van der Waals surface area contributed by atoms with E-state index in [2.05, 4.69) is 5.10 Å². The van der Waals surface area contributed by atoms with Crippen molar-refractivity contribution in [2.75, 3.05) is 13.1 Å². The van der Waals surface area contributed by atoms with E-state index in [0.29, 0.717) is 13.1 Å². The second kappa shape index (κ2) is 5.85. The first-order chi connectivity index (χ1) is 10.8. The Bertz CT molecular complexity index is 580. The van der Waals surface area contributed by atoms with Crippen LogP contribution in [0.3, 0.4) is 0 Å². The normalized spacial score (nSPS) is 22.9. The minimum atomic E-state index is -2.54. The Labute approximate surface area is 134 Å². The number of hydrogen-bond donors (Lipinski definition) is 0. The number of rotatable bonds is 3. The Hall–Kier alpha value is -1.50. The van der Waals surface area contributed by atoms with Crippen molar-refractivity contribution >= 4 is 5.91 Å². The van der Waals surface area contributed by atoms with E-state index in [1.165, 1.54) is 12.3 Å². The molecule has 7 heteroatoms. The van der Waals surface area contributed by atoms with Crippen LogP contribution in [-0.4, -0.2) is 51.3 Å². The molecule has 0 N–H and O–H groups in total. The molecular formula is C16H23F2N3O2. The van der Waals surface area contributed by atoms with Gasteiger partial charge in [-0.15, -0.1) is 0 Å². The van der Waals surface area contributed by atoms with Crippen LogP contribution >= 0.6 is 0 Å². The number of hydrogen-bond acceptors (Lipinski definition) is 3. The van der Waals surface area contributed by atoms with Crippen molar-refractivity contribution in [1.29, 1.82) is 0 Å². The zero-order valence-electron chi connectivity index (χ0n) is 13.6. The highest BCUT2D eigenvalue weighted by Crippen LogP contribution is 2.40. The highest BCUT2D eigenvalue weighted by atomic mass is 19.3. The van der Waals surface area contributed by atoms with Gasteiger partial charge in [0.15, 0.2) is 0 Å². The molecule has 3 rings (SSSR count). The van der Waals surface area contributed by atoms with Gasteiger partial charge in [0.1, 0.15) is 12.2 Å². The molecule has 128 valence electrons. The fourth-order valence-corrected chi connectivity index (χ4v) is 3.89. The van der Waals surface area contributed by atoms with E-state index in [-0.39, 0.29) is 17.2 Å². The van der Waals surface area contributed by atoms with Gasteiger partial charge in [-0.1, -0.05) is 12.8 Å². The van der Waals surface area contributed by atoms with Crippen LogP contribution in [-0.2, 0) is 11.3 Å². The molecule has 1 saturated heterocycles. The molecule has 23 heavy (non-hydrogen) atoms. The van der Waals surface area contributed by atoms with Crippen molar-refractivity contribution in [1.82, 2.24) is 14.7 Å². The first-order valence-electron chi connectivity index (χ1n) is 8.10. The number of amides is 1. The van der Waals surface area contributed by atoms with Crippen LogP contribution in [0.15, 0.2) is 12.3 Å². The number of aromatic nitrogens is 2. The molecule has 1 aromatic rings. The standard InChI is InChI=1S/C16H23F2N3O2/c1-15(2)10-20(11-16(23-15)6-3-4-7-16)14(22)12-5-8-19-21(12)9-13(17)18/h5,8,13H,3-4,6-7,9-11H2,1-2H3. The van der Waals surface area contributed by atoms with Crippen LogP contribution in [0, 0.1) is 0 Å². The Morgan fingerprint density at radius 2 is 2.04 bits per heavy atom. The quantitative estimate of drug-likeness (QED) is 0.857. The van der Waals surface area contributed by atoms with Crippen molar-refractivity contribution in [3.63, 3.8) is 0 Å². The number of alkyl halides is 2. The molecule has 0 bridgehead atoms. The summed E-state index contributed by atoms with van der Waals surface area (Å²) in [5, 5.41) is 3.86. The smallest absolute Gasteiger partial charge is 0.272 e.